The van der Waals surface area contributed by atoms with Crippen LogP contribution in [0, 0.1) is 17.1 Å². The molecular formula is C15H9ClFN3. The molecule has 0 aliphatic rings. The average Bonchev–Trinajstić information content (AvgIpc) is 2.76. The third-order valence-corrected chi connectivity index (χ3v) is 3.38. The maximum atomic E-state index is 13.3. The third kappa shape index (κ3) is 2.24. The fourth-order valence-electron chi connectivity index (χ4n) is 2.08. The van der Waals surface area contributed by atoms with Crippen molar-refractivity contribution in [1.29, 1.82) is 5.26 Å². The minimum atomic E-state index is -0.324. The van der Waals surface area contributed by atoms with E-state index in [0.29, 0.717) is 28.4 Å². The molecule has 0 bridgehead atoms. The Morgan fingerprint density at radius 1 is 1.20 bits per heavy atom. The quantitative estimate of drug-likeness (QED) is 0.719. The highest BCUT2D eigenvalue weighted by Gasteiger charge is 2.10. The molecule has 0 saturated carbocycles. The van der Waals surface area contributed by atoms with Gasteiger partial charge in [0.1, 0.15) is 5.82 Å². The van der Waals surface area contributed by atoms with Gasteiger partial charge in [0.2, 0.25) is 5.28 Å². The van der Waals surface area contributed by atoms with E-state index >= 15 is 0 Å². The Morgan fingerprint density at radius 2 is 1.95 bits per heavy atom. The number of hydrogen-bond acceptors (Lipinski definition) is 2. The fraction of sp³-hybridized carbons (Fsp3) is 0.0667. The number of fused-ring (bicyclic) bond motifs is 1. The second-order valence-electron chi connectivity index (χ2n) is 4.41. The van der Waals surface area contributed by atoms with Crippen LogP contribution in [0.4, 0.5) is 4.39 Å². The molecule has 3 nitrogen and oxygen atoms in total. The molecule has 0 spiro atoms. The van der Waals surface area contributed by atoms with Crippen LogP contribution in [0.2, 0.25) is 5.28 Å². The van der Waals surface area contributed by atoms with E-state index < -0.39 is 0 Å². The molecule has 3 aromatic rings. The predicted octanol–water partition coefficient (Wildman–Crippen LogP) is 3.75. The number of benzene rings is 2. The van der Waals surface area contributed by atoms with Gasteiger partial charge in [-0.15, -0.1) is 0 Å². The van der Waals surface area contributed by atoms with Crippen LogP contribution in [0.5, 0.6) is 0 Å². The smallest absolute Gasteiger partial charge is 0.204 e. The molecule has 1 heterocycles. The molecule has 20 heavy (non-hydrogen) atoms. The van der Waals surface area contributed by atoms with Gasteiger partial charge in [-0.25, -0.2) is 9.37 Å². The molecule has 1 aromatic heterocycles. The van der Waals surface area contributed by atoms with E-state index in [0.717, 1.165) is 5.56 Å². The molecule has 0 amide bonds. The van der Waals surface area contributed by atoms with Gasteiger partial charge in [-0.05, 0) is 47.5 Å². The fourth-order valence-corrected chi connectivity index (χ4v) is 2.33. The highest BCUT2D eigenvalue weighted by molar-refractivity contribution is 6.29. The zero-order valence-electron chi connectivity index (χ0n) is 10.3. The highest BCUT2D eigenvalue weighted by atomic mass is 35.5. The van der Waals surface area contributed by atoms with Crippen LogP contribution in [-0.2, 0) is 6.54 Å². The van der Waals surface area contributed by atoms with Crippen molar-refractivity contribution in [3.8, 4) is 6.07 Å². The molecule has 98 valence electrons. The van der Waals surface area contributed by atoms with Gasteiger partial charge in [-0.2, -0.15) is 5.26 Å². The van der Waals surface area contributed by atoms with Crippen LogP contribution >= 0.6 is 11.6 Å². The zero-order chi connectivity index (χ0) is 14.1. The summed E-state index contributed by atoms with van der Waals surface area (Å²) in [5.41, 5.74) is 2.88. The molecular weight excluding hydrogens is 277 g/mol. The van der Waals surface area contributed by atoms with Crippen molar-refractivity contribution in [3.63, 3.8) is 0 Å². The number of hydrogen-bond donors (Lipinski definition) is 0. The van der Waals surface area contributed by atoms with Gasteiger partial charge in [0.15, 0.2) is 0 Å². The van der Waals surface area contributed by atoms with Crippen molar-refractivity contribution in [2.75, 3.05) is 0 Å². The maximum Gasteiger partial charge on any atom is 0.204 e. The predicted molar refractivity (Wildman–Crippen MR) is 75.0 cm³/mol. The van der Waals surface area contributed by atoms with Crippen LogP contribution in [0.3, 0.4) is 0 Å². The summed E-state index contributed by atoms with van der Waals surface area (Å²) in [5, 5.41) is 9.09. The number of nitrogens with zero attached hydrogens (tertiary/aromatic N) is 3. The summed E-state index contributed by atoms with van der Waals surface area (Å²) in [4.78, 5) is 4.19. The first kappa shape index (κ1) is 12.6. The Morgan fingerprint density at radius 3 is 2.65 bits per heavy atom. The Labute approximate surface area is 119 Å². The number of rotatable bonds is 2. The minimum Gasteiger partial charge on any atom is -0.310 e. The standard InChI is InChI=1S/C15H9ClFN3/c16-15-19-13-6-5-12(17)7-14(13)20(15)9-11-3-1-10(8-18)2-4-11/h1-7H,9H2. The first-order valence-corrected chi connectivity index (χ1v) is 6.35. The van der Waals surface area contributed by atoms with Gasteiger partial charge in [0.25, 0.3) is 0 Å². The lowest BCUT2D eigenvalue weighted by molar-refractivity contribution is 0.628. The average molecular weight is 286 g/mol. The van der Waals surface area contributed by atoms with Crippen LogP contribution in [-0.4, -0.2) is 9.55 Å². The third-order valence-electron chi connectivity index (χ3n) is 3.09. The van der Waals surface area contributed by atoms with Crippen molar-refractivity contribution in [1.82, 2.24) is 9.55 Å². The largest absolute Gasteiger partial charge is 0.310 e. The van der Waals surface area contributed by atoms with Crippen molar-refractivity contribution >= 4 is 22.6 Å². The lowest BCUT2D eigenvalue weighted by atomic mass is 10.1. The minimum absolute atomic E-state index is 0.315. The van der Waals surface area contributed by atoms with Gasteiger partial charge in [-0.3, -0.25) is 0 Å². The molecule has 0 radical (unpaired) electrons. The molecule has 0 aliphatic heterocycles. The second-order valence-corrected chi connectivity index (χ2v) is 4.75. The van der Waals surface area contributed by atoms with E-state index in [1.54, 1.807) is 22.8 Å². The van der Waals surface area contributed by atoms with Crippen LogP contribution in [0.25, 0.3) is 11.0 Å². The van der Waals surface area contributed by atoms with Crippen molar-refractivity contribution in [3.05, 3.63) is 64.7 Å². The van der Waals surface area contributed by atoms with Crippen LogP contribution in [0.15, 0.2) is 42.5 Å². The van der Waals surface area contributed by atoms with Gasteiger partial charge in [-0.1, -0.05) is 12.1 Å². The molecule has 5 heteroatoms. The Bertz CT molecular complexity index is 815. The van der Waals surface area contributed by atoms with E-state index in [4.69, 9.17) is 16.9 Å². The van der Waals surface area contributed by atoms with E-state index in [2.05, 4.69) is 11.1 Å². The van der Waals surface area contributed by atoms with E-state index in [1.165, 1.54) is 12.1 Å². The summed E-state index contributed by atoms with van der Waals surface area (Å²) < 4.78 is 15.1. The maximum absolute atomic E-state index is 13.3. The number of halogens is 2. The van der Waals surface area contributed by atoms with Crippen molar-refractivity contribution < 1.29 is 4.39 Å². The van der Waals surface area contributed by atoms with Gasteiger partial charge in [0, 0.05) is 0 Å². The first-order valence-electron chi connectivity index (χ1n) is 5.98. The number of aromatic nitrogens is 2. The van der Waals surface area contributed by atoms with E-state index in [9.17, 15) is 4.39 Å². The molecule has 0 N–H and O–H groups in total. The summed E-state index contributed by atoms with van der Waals surface area (Å²) in [5.74, 6) is -0.324. The summed E-state index contributed by atoms with van der Waals surface area (Å²) in [6.07, 6.45) is 0. The first-order chi connectivity index (χ1) is 9.67. The molecule has 2 aromatic carbocycles. The molecule has 3 rings (SSSR count). The summed E-state index contributed by atoms with van der Waals surface area (Å²) >= 11 is 6.11. The van der Waals surface area contributed by atoms with Crippen molar-refractivity contribution in [2.24, 2.45) is 0 Å². The Hall–Kier alpha value is -2.38. The topological polar surface area (TPSA) is 41.6 Å². The molecule has 0 atom stereocenters. The van der Waals surface area contributed by atoms with Crippen LogP contribution < -0.4 is 0 Å². The molecule has 0 fully saturated rings. The SMILES string of the molecule is N#Cc1ccc(Cn2c(Cl)nc3ccc(F)cc32)cc1. The van der Waals surface area contributed by atoms with E-state index in [1.807, 2.05) is 12.1 Å². The summed E-state index contributed by atoms with van der Waals surface area (Å²) in [7, 11) is 0. The lowest BCUT2D eigenvalue weighted by Crippen LogP contribution is -2.00. The normalized spacial score (nSPS) is 10.7. The van der Waals surface area contributed by atoms with Crippen LogP contribution in [0.1, 0.15) is 11.1 Å². The monoisotopic (exact) mass is 285 g/mol. The summed E-state index contributed by atoms with van der Waals surface area (Å²) in [6.45, 7) is 0.477. The second kappa shape index (κ2) is 4.95. The lowest BCUT2D eigenvalue weighted by Gasteiger charge is -2.06. The van der Waals surface area contributed by atoms with Crippen molar-refractivity contribution in [2.45, 2.75) is 6.54 Å². The number of nitriles is 1. The van der Waals surface area contributed by atoms with Gasteiger partial charge in [0.05, 0.1) is 29.2 Å². The Balaban J connectivity index is 2.03. The molecule has 0 unspecified atom stereocenters. The van der Waals surface area contributed by atoms with Gasteiger partial charge < -0.3 is 4.57 Å². The van der Waals surface area contributed by atoms with Gasteiger partial charge >= 0.3 is 0 Å². The number of imidazole rings is 1. The Kier molecular flexibility index (Phi) is 3.13. The summed E-state index contributed by atoms with van der Waals surface area (Å²) in [6, 6.07) is 13.6. The molecule has 0 saturated heterocycles. The van der Waals surface area contributed by atoms with E-state index in [-0.39, 0.29) is 5.82 Å². The molecule has 0 aliphatic carbocycles. The highest BCUT2D eigenvalue weighted by Crippen LogP contribution is 2.22. The zero-order valence-corrected chi connectivity index (χ0v) is 11.1.